The predicted molar refractivity (Wildman–Crippen MR) is 71.5 cm³/mol. The van der Waals surface area contributed by atoms with Crippen LogP contribution in [0.15, 0.2) is 35.0 Å². The van der Waals surface area contributed by atoms with Gasteiger partial charge in [0.1, 0.15) is 0 Å². The fourth-order valence-corrected chi connectivity index (χ4v) is 3.31. The molecule has 0 saturated carbocycles. The Balaban J connectivity index is 2.17. The third-order valence-electron chi connectivity index (χ3n) is 2.47. The van der Waals surface area contributed by atoms with Gasteiger partial charge in [0.2, 0.25) is 0 Å². The molecule has 2 heterocycles. The molecular formula is C12H8N2OS2. The van der Waals surface area contributed by atoms with Crippen LogP contribution in [-0.2, 0) is 0 Å². The maximum Gasteiger partial charge on any atom is 0.277 e. The molecule has 1 amide bonds. The highest BCUT2D eigenvalue weighted by Crippen LogP contribution is 2.34. The van der Waals surface area contributed by atoms with Crippen molar-refractivity contribution in [2.75, 3.05) is 0 Å². The molecule has 0 unspecified atom stereocenters. The van der Waals surface area contributed by atoms with Gasteiger partial charge in [-0.05, 0) is 6.07 Å². The third-order valence-corrected chi connectivity index (χ3v) is 4.29. The summed E-state index contributed by atoms with van der Waals surface area (Å²) in [5, 5.41) is 5.45. The molecule has 3 nitrogen and oxygen atoms in total. The van der Waals surface area contributed by atoms with Gasteiger partial charge in [0, 0.05) is 26.4 Å². The average molecular weight is 260 g/mol. The van der Waals surface area contributed by atoms with Crippen LogP contribution < -0.4 is 5.73 Å². The van der Waals surface area contributed by atoms with Crippen molar-refractivity contribution in [3.63, 3.8) is 0 Å². The highest BCUT2D eigenvalue weighted by atomic mass is 32.1. The molecule has 84 valence electrons. The summed E-state index contributed by atoms with van der Waals surface area (Å²) in [7, 11) is 0. The van der Waals surface area contributed by atoms with Crippen molar-refractivity contribution < 1.29 is 4.79 Å². The van der Waals surface area contributed by atoms with Gasteiger partial charge < -0.3 is 5.73 Å². The van der Waals surface area contributed by atoms with Gasteiger partial charge in [-0.25, -0.2) is 4.98 Å². The minimum atomic E-state index is -0.471. The van der Waals surface area contributed by atoms with Crippen molar-refractivity contribution in [3.8, 4) is 11.3 Å². The molecule has 3 aromatic rings. The lowest BCUT2D eigenvalue weighted by atomic mass is 10.1. The van der Waals surface area contributed by atoms with Gasteiger partial charge in [-0.2, -0.15) is 0 Å². The normalized spacial score (nSPS) is 10.8. The Labute approximate surface area is 106 Å². The van der Waals surface area contributed by atoms with Crippen molar-refractivity contribution in [3.05, 3.63) is 40.0 Å². The van der Waals surface area contributed by atoms with Crippen LogP contribution in [0.5, 0.6) is 0 Å². The second-order valence-corrected chi connectivity index (χ2v) is 5.32. The van der Waals surface area contributed by atoms with Crippen LogP contribution in [0.3, 0.4) is 0 Å². The Morgan fingerprint density at radius 3 is 2.76 bits per heavy atom. The Morgan fingerprint density at radius 1 is 1.18 bits per heavy atom. The summed E-state index contributed by atoms with van der Waals surface area (Å²) in [6.07, 6.45) is 0. The van der Waals surface area contributed by atoms with E-state index in [0.717, 1.165) is 11.3 Å². The highest BCUT2D eigenvalue weighted by molar-refractivity contribution is 7.17. The van der Waals surface area contributed by atoms with E-state index in [0.29, 0.717) is 5.01 Å². The van der Waals surface area contributed by atoms with Gasteiger partial charge in [0.25, 0.3) is 5.91 Å². The van der Waals surface area contributed by atoms with E-state index in [2.05, 4.69) is 22.5 Å². The van der Waals surface area contributed by atoms with E-state index in [9.17, 15) is 4.79 Å². The van der Waals surface area contributed by atoms with E-state index in [4.69, 9.17) is 5.73 Å². The quantitative estimate of drug-likeness (QED) is 0.769. The van der Waals surface area contributed by atoms with E-state index >= 15 is 0 Å². The first-order valence-electron chi connectivity index (χ1n) is 4.97. The van der Waals surface area contributed by atoms with Crippen LogP contribution in [0.2, 0.25) is 0 Å². The molecule has 0 saturated heterocycles. The monoisotopic (exact) mass is 260 g/mol. The molecule has 0 bridgehead atoms. The number of thiazole rings is 1. The van der Waals surface area contributed by atoms with Crippen molar-refractivity contribution in [1.82, 2.24) is 4.98 Å². The molecule has 17 heavy (non-hydrogen) atoms. The van der Waals surface area contributed by atoms with Crippen molar-refractivity contribution in [2.45, 2.75) is 0 Å². The number of primary amides is 1. The number of rotatable bonds is 2. The molecule has 0 radical (unpaired) electrons. The second-order valence-electron chi connectivity index (χ2n) is 3.55. The van der Waals surface area contributed by atoms with Crippen LogP contribution in [-0.4, -0.2) is 10.9 Å². The molecule has 2 N–H and O–H groups in total. The molecule has 1 aromatic carbocycles. The molecule has 5 heteroatoms. The van der Waals surface area contributed by atoms with Crippen LogP contribution in [0.4, 0.5) is 0 Å². The third kappa shape index (κ3) is 1.73. The molecular weight excluding hydrogens is 252 g/mol. The molecule has 0 aliphatic carbocycles. The van der Waals surface area contributed by atoms with E-state index in [1.54, 1.807) is 11.3 Å². The van der Waals surface area contributed by atoms with Gasteiger partial charge in [0.15, 0.2) is 5.01 Å². The Bertz CT molecular complexity index is 699. The average Bonchev–Trinajstić information content (AvgIpc) is 2.95. The van der Waals surface area contributed by atoms with Crippen molar-refractivity contribution >= 4 is 38.7 Å². The van der Waals surface area contributed by atoms with Gasteiger partial charge in [0.05, 0.1) is 5.69 Å². The minimum absolute atomic E-state index is 0.357. The van der Waals surface area contributed by atoms with E-state index in [1.165, 1.54) is 21.4 Å². The van der Waals surface area contributed by atoms with Crippen LogP contribution in [0.1, 0.15) is 9.80 Å². The summed E-state index contributed by atoms with van der Waals surface area (Å²) in [5.41, 5.74) is 7.09. The standard InChI is InChI=1S/C12H8N2OS2/c13-11(15)12-14-9(6-17-12)8-5-16-10-4-2-1-3-7(8)10/h1-6H,(H2,13,15). The first kappa shape index (κ1) is 10.4. The van der Waals surface area contributed by atoms with Gasteiger partial charge >= 0.3 is 0 Å². The number of hydrogen-bond donors (Lipinski definition) is 1. The van der Waals surface area contributed by atoms with Gasteiger partial charge in [-0.3, -0.25) is 4.79 Å². The van der Waals surface area contributed by atoms with Gasteiger partial charge in [-0.1, -0.05) is 18.2 Å². The summed E-state index contributed by atoms with van der Waals surface area (Å²) in [4.78, 5) is 15.3. The summed E-state index contributed by atoms with van der Waals surface area (Å²) in [6.45, 7) is 0. The lowest BCUT2D eigenvalue weighted by molar-refractivity contribution is 0.1000. The largest absolute Gasteiger partial charge is 0.364 e. The number of nitrogens with zero attached hydrogens (tertiary/aromatic N) is 1. The fourth-order valence-electron chi connectivity index (χ4n) is 1.69. The first-order chi connectivity index (χ1) is 8.25. The van der Waals surface area contributed by atoms with Crippen molar-refractivity contribution in [1.29, 1.82) is 0 Å². The number of nitrogens with two attached hydrogens (primary N) is 1. The number of thiophene rings is 1. The van der Waals surface area contributed by atoms with Gasteiger partial charge in [-0.15, -0.1) is 22.7 Å². The van der Waals surface area contributed by atoms with E-state index in [-0.39, 0.29) is 0 Å². The number of fused-ring (bicyclic) bond motifs is 1. The molecule has 0 spiro atoms. The zero-order valence-electron chi connectivity index (χ0n) is 8.71. The second kappa shape index (κ2) is 3.94. The predicted octanol–water partition coefficient (Wildman–Crippen LogP) is 3.12. The summed E-state index contributed by atoms with van der Waals surface area (Å²) >= 11 is 2.96. The smallest absolute Gasteiger partial charge is 0.277 e. The SMILES string of the molecule is NC(=O)c1nc(-c2csc3ccccc23)cs1. The lowest BCUT2D eigenvalue weighted by Crippen LogP contribution is -2.10. The first-order valence-corrected chi connectivity index (χ1v) is 6.73. The number of amides is 1. The topological polar surface area (TPSA) is 56.0 Å². The fraction of sp³-hybridized carbons (Fsp3) is 0. The molecule has 0 fully saturated rings. The van der Waals surface area contributed by atoms with E-state index < -0.39 is 5.91 Å². The number of carbonyl (C=O) groups excluding carboxylic acids is 1. The summed E-state index contributed by atoms with van der Waals surface area (Å²) < 4.78 is 1.22. The number of carbonyl (C=O) groups is 1. The lowest BCUT2D eigenvalue weighted by Gasteiger charge is -1.93. The minimum Gasteiger partial charge on any atom is -0.364 e. The highest BCUT2D eigenvalue weighted by Gasteiger charge is 2.11. The van der Waals surface area contributed by atoms with Crippen LogP contribution in [0, 0.1) is 0 Å². The molecule has 0 aliphatic rings. The molecule has 0 atom stereocenters. The Hall–Kier alpha value is -1.72. The van der Waals surface area contributed by atoms with Crippen molar-refractivity contribution in [2.24, 2.45) is 5.73 Å². The number of hydrogen-bond acceptors (Lipinski definition) is 4. The zero-order chi connectivity index (χ0) is 11.8. The molecule has 2 aromatic heterocycles. The Kier molecular flexibility index (Phi) is 2.42. The number of benzene rings is 1. The number of aromatic nitrogens is 1. The summed E-state index contributed by atoms with van der Waals surface area (Å²) in [5.74, 6) is -0.471. The maximum atomic E-state index is 11.0. The molecule has 3 rings (SSSR count). The molecule has 0 aliphatic heterocycles. The van der Waals surface area contributed by atoms with Crippen LogP contribution in [0.25, 0.3) is 21.3 Å². The zero-order valence-corrected chi connectivity index (χ0v) is 10.3. The maximum absolute atomic E-state index is 11.0. The Morgan fingerprint density at radius 2 is 2.00 bits per heavy atom. The summed E-state index contributed by atoms with van der Waals surface area (Å²) in [6, 6.07) is 8.15. The van der Waals surface area contributed by atoms with Crippen LogP contribution >= 0.6 is 22.7 Å². The van der Waals surface area contributed by atoms with E-state index in [1.807, 2.05) is 17.5 Å².